The summed E-state index contributed by atoms with van der Waals surface area (Å²) in [6.07, 6.45) is 0.955. The van der Waals surface area contributed by atoms with Crippen molar-refractivity contribution in [2.24, 2.45) is 0 Å². The van der Waals surface area contributed by atoms with Crippen LogP contribution >= 0.6 is 23.7 Å². The number of hydrogen-bond acceptors (Lipinski definition) is 4. The van der Waals surface area contributed by atoms with Crippen molar-refractivity contribution in [2.75, 3.05) is 19.7 Å². The van der Waals surface area contributed by atoms with E-state index in [1.165, 1.54) is 10.4 Å². The van der Waals surface area contributed by atoms with Gasteiger partial charge in [0, 0.05) is 24.5 Å². The highest BCUT2D eigenvalue weighted by molar-refractivity contribution is 7.10. The van der Waals surface area contributed by atoms with Crippen LogP contribution in [0.15, 0.2) is 11.4 Å². The van der Waals surface area contributed by atoms with Gasteiger partial charge in [-0.2, -0.15) is 0 Å². The topological polar surface area (TPSA) is 41.6 Å². The number of amides is 1. The normalized spacial score (nSPS) is 26.5. The summed E-state index contributed by atoms with van der Waals surface area (Å²) < 4.78 is 5.55. The fraction of sp³-hybridized carbons (Fsp3) is 0.615. The molecule has 1 saturated heterocycles. The third-order valence-corrected chi connectivity index (χ3v) is 4.72. The molecule has 0 aliphatic carbocycles. The minimum atomic E-state index is -0.182. The van der Waals surface area contributed by atoms with Crippen LogP contribution in [0.1, 0.15) is 17.4 Å². The van der Waals surface area contributed by atoms with Gasteiger partial charge in [0.25, 0.3) is 0 Å². The average molecular weight is 303 g/mol. The van der Waals surface area contributed by atoms with Crippen LogP contribution < -0.4 is 5.32 Å². The SMILES string of the molecule is C[C@H]1OCCN[C@@H]1C(=O)N1CCc2sccc2C1.Cl. The summed E-state index contributed by atoms with van der Waals surface area (Å²) in [7, 11) is 0. The molecule has 4 nitrogen and oxygen atoms in total. The fourth-order valence-corrected chi connectivity index (χ4v) is 3.53. The zero-order valence-corrected chi connectivity index (χ0v) is 12.6. The summed E-state index contributed by atoms with van der Waals surface area (Å²) >= 11 is 1.80. The Labute approximate surface area is 123 Å². The van der Waals surface area contributed by atoms with Crippen molar-refractivity contribution in [3.8, 4) is 0 Å². The molecule has 19 heavy (non-hydrogen) atoms. The van der Waals surface area contributed by atoms with E-state index in [0.717, 1.165) is 26.1 Å². The largest absolute Gasteiger partial charge is 0.375 e. The van der Waals surface area contributed by atoms with Gasteiger partial charge in [0.15, 0.2) is 0 Å². The summed E-state index contributed by atoms with van der Waals surface area (Å²) in [6, 6.07) is 1.95. The Morgan fingerprint density at radius 3 is 3.21 bits per heavy atom. The lowest BCUT2D eigenvalue weighted by molar-refractivity contribution is -0.140. The molecule has 2 aliphatic heterocycles. The predicted molar refractivity (Wildman–Crippen MR) is 77.9 cm³/mol. The summed E-state index contributed by atoms with van der Waals surface area (Å²) in [5.74, 6) is 0.180. The molecule has 0 unspecified atom stereocenters. The first-order valence-electron chi connectivity index (χ1n) is 6.45. The monoisotopic (exact) mass is 302 g/mol. The van der Waals surface area contributed by atoms with E-state index in [1.54, 1.807) is 11.3 Å². The Bertz CT molecular complexity index is 452. The summed E-state index contributed by atoms with van der Waals surface area (Å²) in [5.41, 5.74) is 1.31. The highest BCUT2D eigenvalue weighted by Gasteiger charge is 2.33. The molecule has 0 saturated carbocycles. The minimum absolute atomic E-state index is 0. The van der Waals surface area contributed by atoms with Gasteiger partial charge in [-0.1, -0.05) is 0 Å². The van der Waals surface area contributed by atoms with E-state index in [1.807, 2.05) is 11.8 Å². The Morgan fingerprint density at radius 2 is 2.42 bits per heavy atom. The fourth-order valence-electron chi connectivity index (χ4n) is 2.64. The van der Waals surface area contributed by atoms with Gasteiger partial charge < -0.3 is 15.0 Å². The lowest BCUT2D eigenvalue weighted by Gasteiger charge is -2.35. The van der Waals surface area contributed by atoms with E-state index in [4.69, 9.17) is 4.74 Å². The number of fused-ring (bicyclic) bond motifs is 1. The van der Waals surface area contributed by atoms with E-state index in [2.05, 4.69) is 16.8 Å². The molecular formula is C13H19ClN2O2S. The van der Waals surface area contributed by atoms with Crippen LogP contribution in [0.3, 0.4) is 0 Å². The van der Waals surface area contributed by atoms with Crippen LogP contribution in [-0.4, -0.2) is 42.6 Å². The molecule has 3 heterocycles. The third-order valence-electron chi connectivity index (χ3n) is 3.70. The lowest BCUT2D eigenvalue weighted by atomic mass is 10.1. The van der Waals surface area contributed by atoms with E-state index < -0.39 is 0 Å². The van der Waals surface area contributed by atoms with Gasteiger partial charge in [0.05, 0.1) is 12.7 Å². The maximum atomic E-state index is 12.5. The van der Waals surface area contributed by atoms with Gasteiger partial charge >= 0.3 is 0 Å². The van der Waals surface area contributed by atoms with Crippen LogP contribution in [0.25, 0.3) is 0 Å². The quantitative estimate of drug-likeness (QED) is 0.853. The number of nitrogens with zero attached hydrogens (tertiary/aromatic N) is 1. The molecule has 1 N–H and O–H groups in total. The Morgan fingerprint density at radius 1 is 1.58 bits per heavy atom. The molecule has 1 amide bonds. The number of carbonyl (C=O) groups is 1. The smallest absolute Gasteiger partial charge is 0.242 e. The van der Waals surface area contributed by atoms with Crippen molar-refractivity contribution in [3.63, 3.8) is 0 Å². The van der Waals surface area contributed by atoms with E-state index in [0.29, 0.717) is 6.61 Å². The number of halogens is 1. The van der Waals surface area contributed by atoms with E-state index >= 15 is 0 Å². The molecule has 1 aromatic rings. The molecule has 2 atom stereocenters. The van der Waals surface area contributed by atoms with Crippen molar-refractivity contribution >= 4 is 29.7 Å². The highest BCUT2D eigenvalue weighted by atomic mass is 35.5. The van der Waals surface area contributed by atoms with E-state index in [-0.39, 0.29) is 30.5 Å². The van der Waals surface area contributed by atoms with Crippen molar-refractivity contribution in [3.05, 3.63) is 21.9 Å². The van der Waals surface area contributed by atoms with Gasteiger partial charge in [0.1, 0.15) is 6.04 Å². The summed E-state index contributed by atoms with van der Waals surface area (Å²) in [4.78, 5) is 15.9. The molecule has 1 fully saturated rings. The van der Waals surface area contributed by atoms with Gasteiger partial charge in [-0.05, 0) is 30.4 Å². The van der Waals surface area contributed by atoms with Crippen molar-refractivity contribution in [2.45, 2.75) is 32.0 Å². The van der Waals surface area contributed by atoms with Crippen LogP contribution in [0.4, 0.5) is 0 Å². The van der Waals surface area contributed by atoms with E-state index in [9.17, 15) is 4.79 Å². The van der Waals surface area contributed by atoms with Crippen molar-refractivity contribution in [1.82, 2.24) is 10.2 Å². The maximum Gasteiger partial charge on any atom is 0.242 e. The Kier molecular flexibility index (Phi) is 4.84. The van der Waals surface area contributed by atoms with Crippen molar-refractivity contribution in [1.29, 1.82) is 0 Å². The average Bonchev–Trinajstić information content (AvgIpc) is 2.85. The second-order valence-electron chi connectivity index (χ2n) is 4.89. The number of morpholine rings is 1. The number of hydrogen-bond donors (Lipinski definition) is 1. The Balaban J connectivity index is 0.00000133. The molecule has 2 aliphatic rings. The number of thiophene rings is 1. The highest BCUT2D eigenvalue weighted by Crippen LogP contribution is 2.24. The van der Waals surface area contributed by atoms with Gasteiger partial charge in [-0.25, -0.2) is 0 Å². The molecule has 1 aromatic heterocycles. The number of nitrogens with one attached hydrogen (secondary N) is 1. The standard InChI is InChI=1S/C13H18N2O2S.ClH/c1-9-12(14-4-6-17-9)13(16)15-5-2-11-10(8-15)3-7-18-11;/h3,7,9,12,14H,2,4-6,8H2,1H3;1H/t9-,12+;/m1./s1. The number of ether oxygens (including phenoxy) is 1. The maximum absolute atomic E-state index is 12.5. The molecule has 0 spiro atoms. The van der Waals surface area contributed by atoms with Gasteiger partial charge in [-0.3, -0.25) is 4.79 Å². The van der Waals surface area contributed by atoms with Crippen LogP contribution in [-0.2, 0) is 22.5 Å². The second-order valence-corrected chi connectivity index (χ2v) is 5.89. The first-order chi connectivity index (χ1) is 8.75. The Hall–Kier alpha value is -0.620. The number of rotatable bonds is 1. The molecule has 0 bridgehead atoms. The molecule has 6 heteroatoms. The predicted octanol–water partition coefficient (Wildman–Crippen LogP) is 1.43. The van der Waals surface area contributed by atoms with Crippen LogP contribution in [0, 0.1) is 0 Å². The summed E-state index contributed by atoms with van der Waals surface area (Å²) in [6.45, 7) is 5.01. The molecule has 3 rings (SSSR count). The van der Waals surface area contributed by atoms with Crippen molar-refractivity contribution < 1.29 is 9.53 Å². The first-order valence-corrected chi connectivity index (χ1v) is 7.32. The third kappa shape index (κ3) is 2.94. The molecule has 106 valence electrons. The van der Waals surface area contributed by atoms with Gasteiger partial charge in [0.2, 0.25) is 5.91 Å². The summed E-state index contributed by atoms with van der Waals surface area (Å²) in [5, 5.41) is 5.38. The second kappa shape index (κ2) is 6.22. The zero-order valence-electron chi connectivity index (χ0n) is 10.9. The van der Waals surface area contributed by atoms with Gasteiger partial charge in [-0.15, -0.1) is 23.7 Å². The van der Waals surface area contributed by atoms with Crippen LogP contribution in [0.2, 0.25) is 0 Å². The number of carbonyl (C=O) groups excluding carboxylic acids is 1. The molecule has 0 aromatic carbocycles. The molecular weight excluding hydrogens is 284 g/mol. The first kappa shape index (κ1) is 14.8. The van der Waals surface area contributed by atoms with Crippen LogP contribution in [0.5, 0.6) is 0 Å². The lowest BCUT2D eigenvalue weighted by Crippen LogP contribution is -2.56. The zero-order chi connectivity index (χ0) is 12.5. The molecule has 0 radical (unpaired) electrons. The minimum Gasteiger partial charge on any atom is -0.375 e.